The molecule has 0 saturated heterocycles. The van der Waals surface area contributed by atoms with Crippen LogP contribution in [0.25, 0.3) is 0 Å². The van der Waals surface area contributed by atoms with Crippen LogP contribution in [0.2, 0.25) is 5.02 Å². The van der Waals surface area contributed by atoms with Crippen molar-refractivity contribution in [3.05, 3.63) is 68.6 Å². The number of hydrogen-bond donors (Lipinski definition) is 1. The van der Waals surface area contributed by atoms with Crippen molar-refractivity contribution in [3.8, 4) is 0 Å². The molecule has 3 aromatic rings. The van der Waals surface area contributed by atoms with Gasteiger partial charge in [0.2, 0.25) is 5.91 Å². The van der Waals surface area contributed by atoms with Gasteiger partial charge in [0.15, 0.2) is 5.82 Å². The van der Waals surface area contributed by atoms with E-state index in [0.717, 1.165) is 5.56 Å². The molecular formula is C18H19ClN6O3. The minimum absolute atomic E-state index is 0.0249. The largest absolute Gasteiger partial charge is 0.312 e. The van der Waals surface area contributed by atoms with Crippen molar-refractivity contribution in [2.24, 2.45) is 0 Å². The van der Waals surface area contributed by atoms with Crippen LogP contribution in [-0.4, -0.2) is 30.4 Å². The second kappa shape index (κ2) is 8.22. The van der Waals surface area contributed by atoms with E-state index in [4.69, 9.17) is 11.6 Å². The summed E-state index contributed by atoms with van der Waals surface area (Å²) in [6.45, 7) is 3.93. The van der Waals surface area contributed by atoms with Crippen LogP contribution in [0.4, 0.5) is 11.5 Å². The van der Waals surface area contributed by atoms with Crippen LogP contribution < -0.4 is 5.32 Å². The maximum absolute atomic E-state index is 12.2. The summed E-state index contributed by atoms with van der Waals surface area (Å²) in [5, 5.41) is 22.5. The number of aryl methyl sites for hydroxylation is 2. The molecule has 2 aromatic heterocycles. The Morgan fingerprint density at radius 3 is 2.61 bits per heavy atom. The van der Waals surface area contributed by atoms with Gasteiger partial charge in [-0.05, 0) is 19.4 Å². The molecule has 1 amide bonds. The van der Waals surface area contributed by atoms with Crippen molar-refractivity contribution in [3.63, 3.8) is 0 Å². The minimum atomic E-state index is -0.465. The number of nitrogens with one attached hydrogen (secondary N) is 1. The highest BCUT2D eigenvalue weighted by atomic mass is 35.5. The zero-order valence-electron chi connectivity index (χ0n) is 15.4. The average Bonchev–Trinajstić information content (AvgIpc) is 3.12. The maximum atomic E-state index is 12.2. The summed E-state index contributed by atoms with van der Waals surface area (Å²) in [7, 11) is 0. The third-order valence-corrected chi connectivity index (χ3v) is 4.52. The van der Waals surface area contributed by atoms with E-state index in [0.29, 0.717) is 23.0 Å². The Labute approximate surface area is 166 Å². The molecule has 1 aromatic carbocycles. The Bertz CT molecular complexity index is 1010. The Kier molecular flexibility index (Phi) is 5.74. The number of carbonyl (C=O) groups excluding carboxylic acids is 1. The molecule has 0 aliphatic carbocycles. The molecule has 0 bridgehead atoms. The SMILES string of the molecule is Cc1nn(CCC(=O)Nc2nn(Cc3ccccc3)cc2Cl)c(C)c1[N+](=O)[O-]. The maximum Gasteiger partial charge on any atom is 0.312 e. The monoisotopic (exact) mass is 402 g/mol. The van der Waals surface area contributed by atoms with E-state index in [1.54, 1.807) is 24.7 Å². The van der Waals surface area contributed by atoms with E-state index >= 15 is 0 Å². The molecule has 0 aliphatic heterocycles. The molecule has 0 aliphatic rings. The second-order valence-electron chi connectivity index (χ2n) is 6.31. The van der Waals surface area contributed by atoms with Crippen molar-refractivity contribution >= 4 is 29.0 Å². The molecule has 10 heteroatoms. The molecule has 9 nitrogen and oxygen atoms in total. The molecule has 0 saturated carbocycles. The highest BCUT2D eigenvalue weighted by Gasteiger charge is 2.22. The molecule has 28 heavy (non-hydrogen) atoms. The second-order valence-corrected chi connectivity index (χ2v) is 6.71. The van der Waals surface area contributed by atoms with Crippen LogP contribution in [0, 0.1) is 24.0 Å². The van der Waals surface area contributed by atoms with Crippen molar-refractivity contribution < 1.29 is 9.72 Å². The number of benzene rings is 1. The van der Waals surface area contributed by atoms with E-state index in [-0.39, 0.29) is 30.4 Å². The van der Waals surface area contributed by atoms with Crippen LogP contribution in [0.5, 0.6) is 0 Å². The molecule has 2 heterocycles. The van der Waals surface area contributed by atoms with Crippen molar-refractivity contribution in [1.29, 1.82) is 0 Å². The van der Waals surface area contributed by atoms with E-state index in [1.165, 1.54) is 4.68 Å². The van der Waals surface area contributed by atoms with Crippen molar-refractivity contribution in [2.75, 3.05) is 5.32 Å². The predicted octanol–water partition coefficient (Wildman–Crippen LogP) is 3.34. The number of aromatic nitrogens is 4. The normalized spacial score (nSPS) is 10.8. The topological polar surface area (TPSA) is 108 Å². The van der Waals surface area contributed by atoms with Crippen molar-refractivity contribution in [1.82, 2.24) is 19.6 Å². The van der Waals surface area contributed by atoms with E-state index in [2.05, 4.69) is 15.5 Å². The standard InChI is InChI=1S/C18H19ClN6O3/c1-12-17(25(27)28)13(2)24(21-12)9-8-16(26)20-18-15(19)11-23(22-18)10-14-6-4-3-5-7-14/h3-7,11H,8-10H2,1-2H3,(H,20,22,26). The Hall–Kier alpha value is -3.20. The molecule has 0 atom stereocenters. The molecule has 0 radical (unpaired) electrons. The van der Waals surface area contributed by atoms with Gasteiger partial charge >= 0.3 is 5.69 Å². The zero-order valence-corrected chi connectivity index (χ0v) is 16.2. The summed E-state index contributed by atoms with van der Waals surface area (Å²) in [5.74, 6) is -0.0241. The van der Waals surface area contributed by atoms with Gasteiger partial charge in [-0.2, -0.15) is 10.2 Å². The molecule has 1 N–H and O–H groups in total. The number of amides is 1. The predicted molar refractivity (Wildman–Crippen MR) is 104 cm³/mol. The van der Waals surface area contributed by atoms with Crippen LogP contribution >= 0.6 is 11.6 Å². The lowest BCUT2D eigenvalue weighted by Gasteiger charge is -2.05. The molecule has 0 fully saturated rings. The molecule has 0 unspecified atom stereocenters. The lowest BCUT2D eigenvalue weighted by Crippen LogP contribution is -2.16. The average molecular weight is 403 g/mol. The third-order valence-electron chi connectivity index (χ3n) is 4.24. The van der Waals surface area contributed by atoms with Gasteiger partial charge < -0.3 is 5.32 Å². The summed E-state index contributed by atoms with van der Waals surface area (Å²) >= 11 is 6.17. The zero-order chi connectivity index (χ0) is 20.3. The summed E-state index contributed by atoms with van der Waals surface area (Å²) < 4.78 is 3.11. The molecule has 146 valence electrons. The van der Waals surface area contributed by atoms with Gasteiger partial charge in [-0.3, -0.25) is 24.3 Å². The van der Waals surface area contributed by atoms with E-state index in [1.807, 2.05) is 30.3 Å². The molecule has 0 spiro atoms. The lowest BCUT2D eigenvalue weighted by atomic mass is 10.2. The fraction of sp³-hybridized carbons (Fsp3) is 0.278. The number of rotatable bonds is 7. The summed E-state index contributed by atoms with van der Waals surface area (Å²) in [6.07, 6.45) is 1.73. The Morgan fingerprint density at radius 2 is 1.96 bits per heavy atom. The highest BCUT2D eigenvalue weighted by molar-refractivity contribution is 6.33. The third kappa shape index (κ3) is 4.37. The van der Waals surface area contributed by atoms with Crippen LogP contribution in [0.15, 0.2) is 36.5 Å². The number of halogens is 1. The Balaban J connectivity index is 1.61. The summed E-state index contributed by atoms with van der Waals surface area (Å²) in [6, 6.07) is 9.75. The minimum Gasteiger partial charge on any atom is -0.308 e. The number of nitrogens with zero attached hydrogens (tertiary/aromatic N) is 5. The van der Waals surface area contributed by atoms with Gasteiger partial charge in [0.05, 0.1) is 18.0 Å². The fourth-order valence-electron chi connectivity index (χ4n) is 2.90. The summed E-state index contributed by atoms with van der Waals surface area (Å²) in [5.41, 5.74) is 1.78. The fourth-order valence-corrected chi connectivity index (χ4v) is 3.10. The number of nitro groups is 1. The highest BCUT2D eigenvalue weighted by Crippen LogP contribution is 2.23. The van der Waals surface area contributed by atoms with Crippen LogP contribution in [-0.2, 0) is 17.9 Å². The quantitative estimate of drug-likeness (QED) is 0.481. The first kappa shape index (κ1) is 19.6. The van der Waals surface area contributed by atoms with Gasteiger partial charge in [0.1, 0.15) is 16.4 Å². The van der Waals surface area contributed by atoms with Crippen molar-refractivity contribution in [2.45, 2.75) is 33.4 Å². The van der Waals surface area contributed by atoms with Gasteiger partial charge in [0, 0.05) is 12.6 Å². The van der Waals surface area contributed by atoms with E-state index < -0.39 is 4.92 Å². The van der Waals surface area contributed by atoms with Gasteiger partial charge in [-0.25, -0.2) is 0 Å². The Morgan fingerprint density at radius 1 is 1.25 bits per heavy atom. The van der Waals surface area contributed by atoms with Gasteiger partial charge in [0.25, 0.3) is 0 Å². The van der Waals surface area contributed by atoms with Gasteiger partial charge in [-0.15, -0.1) is 0 Å². The summed E-state index contributed by atoms with van der Waals surface area (Å²) in [4.78, 5) is 22.8. The number of carbonyl (C=O) groups is 1. The molecular weight excluding hydrogens is 384 g/mol. The van der Waals surface area contributed by atoms with Crippen LogP contribution in [0.1, 0.15) is 23.4 Å². The number of anilines is 1. The smallest absolute Gasteiger partial charge is 0.308 e. The first-order chi connectivity index (χ1) is 13.3. The van der Waals surface area contributed by atoms with Crippen LogP contribution in [0.3, 0.4) is 0 Å². The molecule has 3 rings (SSSR count). The van der Waals surface area contributed by atoms with Gasteiger partial charge in [-0.1, -0.05) is 41.9 Å². The van der Waals surface area contributed by atoms with E-state index in [9.17, 15) is 14.9 Å². The first-order valence-electron chi connectivity index (χ1n) is 8.60. The first-order valence-corrected chi connectivity index (χ1v) is 8.98. The lowest BCUT2D eigenvalue weighted by molar-refractivity contribution is -0.386. The number of hydrogen-bond acceptors (Lipinski definition) is 5.